The van der Waals surface area contributed by atoms with Crippen LogP contribution in [0.5, 0.6) is 0 Å². The van der Waals surface area contributed by atoms with Crippen molar-refractivity contribution in [3.05, 3.63) is 53.6 Å². The Morgan fingerprint density at radius 2 is 1.89 bits per heavy atom. The van der Waals surface area contributed by atoms with Crippen LogP contribution in [0.4, 0.5) is 10.3 Å². The first-order valence-electron chi connectivity index (χ1n) is 6.22. The van der Waals surface area contributed by atoms with Crippen molar-refractivity contribution in [2.75, 3.05) is 18.9 Å². The van der Waals surface area contributed by atoms with Crippen LogP contribution in [-0.2, 0) is 13.0 Å². The molecule has 100 valence electrons. The van der Waals surface area contributed by atoms with Crippen LogP contribution in [0.1, 0.15) is 11.1 Å². The first-order chi connectivity index (χ1) is 9.29. The molecule has 0 aliphatic heterocycles. The van der Waals surface area contributed by atoms with E-state index in [0.29, 0.717) is 25.5 Å². The molecule has 0 amide bonds. The van der Waals surface area contributed by atoms with Gasteiger partial charge in [-0.2, -0.15) is 0 Å². The third-order valence-electron chi connectivity index (χ3n) is 2.79. The number of aromatic nitrogens is 2. The van der Waals surface area contributed by atoms with Gasteiger partial charge in [-0.3, -0.25) is 0 Å². The molecule has 2 N–H and O–H groups in total. The highest BCUT2D eigenvalue weighted by Crippen LogP contribution is 2.06. The Kier molecular flexibility index (Phi) is 4.80. The minimum Gasteiger partial charge on any atom is -0.357 e. The molecule has 2 rings (SSSR count). The zero-order chi connectivity index (χ0) is 13.5. The van der Waals surface area contributed by atoms with Crippen LogP contribution in [0.2, 0.25) is 0 Å². The second kappa shape index (κ2) is 6.80. The van der Waals surface area contributed by atoms with Crippen molar-refractivity contribution in [2.45, 2.75) is 13.0 Å². The molecule has 0 saturated carbocycles. The number of nitrogens with zero attached hydrogens (tertiary/aromatic N) is 2. The lowest BCUT2D eigenvalue weighted by Crippen LogP contribution is -2.17. The highest BCUT2D eigenvalue weighted by Gasteiger charge is 2.00. The molecule has 5 heteroatoms. The molecule has 0 fully saturated rings. The summed E-state index contributed by atoms with van der Waals surface area (Å²) >= 11 is 0. The number of halogens is 1. The van der Waals surface area contributed by atoms with E-state index in [1.807, 2.05) is 12.1 Å². The molecular formula is C14H17FN4. The Bertz CT molecular complexity index is 513. The van der Waals surface area contributed by atoms with Gasteiger partial charge in [-0.05, 0) is 24.6 Å². The van der Waals surface area contributed by atoms with E-state index in [9.17, 15) is 4.39 Å². The van der Waals surface area contributed by atoms with Gasteiger partial charge in [0, 0.05) is 31.5 Å². The predicted molar refractivity (Wildman–Crippen MR) is 73.4 cm³/mol. The molecule has 0 aliphatic rings. The van der Waals surface area contributed by atoms with Gasteiger partial charge in [0.2, 0.25) is 5.95 Å². The summed E-state index contributed by atoms with van der Waals surface area (Å²) in [4.78, 5) is 8.25. The first-order valence-corrected chi connectivity index (χ1v) is 6.22. The molecule has 2 aromatic rings. The zero-order valence-electron chi connectivity index (χ0n) is 10.9. The van der Waals surface area contributed by atoms with Crippen LogP contribution in [0.15, 0.2) is 36.7 Å². The average Bonchev–Trinajstić information content (AvgIpc) is 2.46. The summed E-state index contributed by atoms with van der Waals surface area (Å²) in [5, 5.41) is 6.11. The molecule has 1 aromatic carbocycles. The number of nitrogens with one attached hydrogen (secondary N) is 2. The van der Waals surface area contributed by atoms with Crippen LogP contribution in [0.3, 0.4) is 0 Å². The Morgan fingerprint density at radius 1 is 1.16 bits per heavy atom. The molecule has 0 spiro atoms. The van der Waals surface area contributed by atoms with E-state index >= 15 is 0 Å². The van der Waals surface area contributed by atoms with E-state index in [4.69, 9.17) is 0 Å². The Labute approximate surface area is 112 Å². The summed E-state index contributed by atoms with van der Waals surface area (Å²) in [7, 11) is 1.78. The molecule has 0 aliphatic carbocycles. The minimum absolute atomic E-state index is 0.147. The van der Waals surface area contributed by atoms with Crippen LogP contribution in [0, 0.1) is 5.82 Å². The smallest absolute Gasteiger partial charge is 0.222 e. The Morgan fingerprint density at radius 3 is 2.58 bits per heavy atom. The number of benzene rings is 1. The minimum atomic E-state index is -0.147. The van der Waals surface area contributed by atoms with Gasteiger partial charge in [-0.15, -0.1) is 0 Å². The summed E-state index contributed by atoms with van der Waals surface area (Å²) in [6, 6.07) is 6.84. The quantitative estimate of drug-likeness (QED) is 0.780. The van der Waals surface area contributed by atoms with Gasteiger partial charge >= 0.3 is 0 Å². The fourth-order valence-electron chi connectivity index (χ4n) is 1.73. The summed E-state index contributed by atoms with van der Waals surface area (Å²) < 4.78 is 13.4. The van der Waals surface area contributed by atoms with Crippen molar-refractivity contribution in [1.82, 2.24) is 15.3 Å². The molecule has 0 bridgehead atoms. The van der Waals surface area contributed by atoms with Gasteiger partial charge in [0.05, 0.1) is 0 Å². The van der Waals surface area contributed by atoms with E-state index in [-0.39, 0.29) is 5.82 Å². The van der Waals surface area contributed by atoms with E-state index < -0.39 is 0 Å². The van der Waals surface area contributed by atoms with Gasteiger partial charge in [0.15, 0.2) is 0 Å². The fourth-order valence-corrected chi connectivity index (χ4v) is 1.73. The third-order valence-corrected chi connectivity index (χ3v) is 2.79. The molecular weight excluding hydrogens is 243 g/mol. The number of rotatable bonds is 6. The number of hydrogen-bond acceptors (Lipinski definition) is 4. The zero-order valence-corrected chi connectivity index (χ0v) is 10.9. The van der Waals surface area contributed by atoms with Gasteiger partial charge in [0.1, 0.15) is 5.82 Å². The molecule has 0 unspecified atom stereocenters. The molecule has 19 heavy (non-hydrogen) atoms. The molecule has 1 heterocycles. The maximum absolute atomic E-state index is 13.4. The highest BCUT2D eigenvalue weighted by atomic mass is 19.1. The first kappa shape index (κ1) is 13.4. The maximum Gasteiger partial charge on any atom is 0.222 e. The standard InChI is InChI=1S/C14H17FN4/c1-16-14-18-9-11(10-19-14)8-17-7-6-12-4-2-3-5-13(12)15/h2-5,9-10,17H,6-8H2,1H3,(H,16,18,19). The van der Waals surface area contributed by atoms with Gasteiger partial charge in [0.25, 0.3) is 0 Å². The molecule has 4 nitrogen and oxygen atoms in total. The SMILES string of the molecule is CNc1ncc(CNCCc2ccccc2F)cn1. The molecule has 0 radical (unpaired) electrons. The maximum atomic E-state index is 13.4. The lowest BCUT2D eigenvalue weighted by Gasteiger charge is -2.06. The van der Waals surface area contributed by atoms with Crippen LogP contribution in [0.25, 0.3) is 0 Å². The number of anilines is 1. The van der Waals surface area contributed by atoms with Crippen molar-refractivity contribution in [3.8, 4) is 0 Å². The van der Waals surface area contributed by atoms with E-state index in [1.165, 1.54) is 6.07 Å². The van der Waals surface area contributed by atoms with Gasteiger partial charge in [-0.25, -0.2) is 14.4 Å². The summed E-state index contributed by atoms with van der Waals surface area (Å²) in [6.07, 6.45) is 4.21. The lowest BCUT2D eigenvalue weighted by atomic mass is 10.1. The summed E-state index contributed by atoms with van der Waals surface area (Å²) in [6.45, 7) is 1.40. The van der Waals surface area contributed by atoms with E-state index in [2.05, 4.69) is 20.6 Å². The van der Waals surface area contributed by atoms with Crippen molar-refractivity contribution in [2.24, 2.45) is 0 Å². The topological polar surface area (TPSA) is 49.8 Å². The Hall–Kier alpha value is -2.01. The van der Waals surface area contributed by atoms with Crippen molar-refractivity contribution < 1.29 is 4.39 Å². The van der Waals surface area contributed by atoms with Crippen LogP contribution < -0.4 is 10.6 Å². The molecule has 1 aromatic heterocycles. The normalized spacial score (nSPS) is 10.4. The van der Waals surface area contributed by atoms with Gasteiger partial charge in [-0.1, -0.05) is 18.2 Å². The third kappa shape index (κ3) is 3.99. The van der Waals surface area contributed by atoms with Crippen LogP contribution >= 0.6 is 0 Å². The van der Waals surface area contributed by atoms with Crippen molar-refractivity contribution in [1.29, 1.82) is 0 Å². The van der Waals surface area contributed by atoms with Crippen LogP contribution in [-0.4, -0.2) is 23.6 Å². The fraction of sp³-hybridized carbons (Fsp3) is 0.286. The summed E-state index contributed by atoms with van der Waals surface area (Å²) in [5.41, 5.74) is 1.74. The second-order valence-electron chi connectivity index (χ2n) is 4.18. The lowest BCUT2D eigenvalue weighted by molar-refractivity contribution is 0.597. The van der Waals surface area contributed by atoms with Gasteiger partial charge < -0.3 is 10.6 Å². The van der Waals surface area contributed by atoms with E-state index in [0.717, 1.165) is 11.1 Å². The predicted octanol–water partition coefficient (Wildman–Crippen LogP) is 1.99. The monoisotopic (exact) mass is 260 g/mol. The van der Waals surface area contributed by atoms with Crippen molar-refractivity contribution >= 4 is 5.95 Å². The second-order valence-corrected chi connectivity index (χ2v) is 4.18. The largest absolute Gasteiger partial charge is 0.357 e. The molecule has 0 saturated heterocycles. The Balaban J connectivity index is 1.76. The molecule has 0 atom stereocenters. The average molecular weight is 260 g/mol. The van der Waals surface area contributed by atoms with Crippen molar-refractivity contribution in [3.63, 3.8) is 0 Å². The van der Waals surface area contributed by atoms with E-state index in [1.54, 1.807) is 25.5 Å². The summed E-state index contributed by atoms with van der Waals surface area (Å²) in [5.74, 6) is 0.459. The number of hydrogen-bond donors (Lipinski definition) is 2. The highest BCUT2D eigenvalue weighted by molar-refractivity contribution is 5.23.